The van der Waals surface area contributed by atoms with Crippen molar-refractivity contribution in [3.63, 3.8) is 0 Å². The molecule has 114 valence electrons. The van der Waals surface area contributed by atoms with Gasteiger partial charge in [0.15, 0.2) is 11.5 Å². The molecule has 0 saturated carbocycles. The van der Waals surface area contributed by atoms with Crippen LogP contribution in [0.1, 0.15) is 38.4 Å². The first-order valence-corrected chi connectivity index (χ1v) is 6.87. The van der Waals surface area contributed by atoms with Crippen molar-refractivity contribution in [2.75, 3.05) is 21.3 Å². The van der Waals surface area contributed by atoms with Crippen LogP contribution in [0.5, 0.6) is 11.5 Å². The van der Waals surface area contributed by atoms with Gasteiger partial charge in [-0.25, -0.2) is 0 Å². The molecule has 1 unspecified atom stereocenters. The van der Waals surface area contributed by atoms with Crippen molar-refractivity contribution in [2.45, 2.75) is 38.4 Å². The summed E-state index contributed by atoms with van der Waals surface area (Å²) in [5.41, 5.74) is 0.445. The number of hydrogen-bond acceptors (Lipinski definition) is 4. The van der Waals surface area contributed by atoms with Crippen LogP contribution in [-0.2, 0) is 4.74 Å². The molecule has 20 heavy (non-hydrogen) atoms. The van der Waals surface area contributed by atoms with Crippen molar-refractivity contribution < 1.29 is 19.3 Å². The molecule has 1 N–H and O–H groups in total. The van der Waals surface area contributed by atoms with Gasteiger partial charge in [-0.2, -0.15) is 0 Å². The lowest BCUT2D eigenvalue weighted by Crippen LogP contribution is -2.23. The lowest BCUT2D eigenvalue weighted by molar-refractivity contribution is 0.00277. The molecule has 1 rings (SSSR count). The number of aliphatic hydroxyl groups is 1. The molecule has 5 heteroatoms. The maximum absolute atomic E-state index is 10.3. The molecule has 0 fully saturated rings. The first-order valence-electron chi connectivity index (χ1n) is 6.49. The summed E-state index contributed by atoms with van der Waals surface area (Å²) < 4.78 is 15.8. The molecule has 0 amide bonds. The summed E-state index contributed by atoms with van der Waals surface area (Å²) in [4.78, 5) is 0. The van der Waals surface area contributed by atoms with Crippen molar-refractivity contribution in [3.8, 4) is 11.5 Å². The minimum absolute atomic E-state index is 0.263. The van der Waals surface area contributed by atoms with Crippen LogP contribution < -0.4 is 9.47 Å². The van der Waals surface area contributed by atoms with Crippen molar-refractivity contribution in [1.29, 1.82) is 0 Å². The predicted molar refractivity (Wildman–Crippen MR) is 79.8 cm³/mol. The van der Waals surface area contributed by atoms with Crippen LogP contribution in [0.15, 0.2) is 12.1 Å². The molecule has 0 aliphatic carbocycles. The van der Waals surface area contributed by atoms with Gasteiger partial charge in [0.1, 0.15) is 0 Å². The largest absolute Gasteiger partial charge is 0.493 e. The Bertz CT molecular complexity index is 446. The van der Waals surface area contributed by atoms with Crippen LogP contribution in [0.4, 0.5) is 0 Å². The van der Waals surface area contributed by atoms with Gasteiger partial charge in [-0.1, -0.05) is 11.6 Å². The van der Waals surface area contributed by atoms with Gasteiger partial charge in [0.05, 0.1) is 30.9 Å². The average molecular weight is 303 g/mol. The van der Waals surface area contributed by atoms with Gasteiger partial charge in [0, 0.05) is 7.11 Å². The summed E-state index contributed by atoms with van der Waals surface area (Å²) in [6, 6.07) is 3.45. The second-order valence-electron chi connectivity index (χ2n) is 5.26. The van der Waals surface area contributed by atoms with Crippen LogP contribution in [0, 0.1) is 0 Å². The number of ether oxygens (including phenoxy) is 3. The standard InChI is InChI=1S/C15H23ClO4/c1-15(2,20-5)7-6-12(17)10-8-11(16)14(19-4)13(9-10)18-3/h8-9,12,17H,6-7H2,1-5H3. The molecule has 4 nitrogen and oxygen atoms in total. The number of halogens is 1. The summed E-state index contributed by atoms with van der Waals surface area (Å²) in [6.45, 7) is 3.97. The second-order valence-corrected chi connectivity index (χ2v) is 5.66. The van der Waals surface area contributed by atoms with Crippen LogP contribution in [0.3, 0.4) is 0 Å². The summed E-state index contributed by atoms with van der Waals surface area (Å²) >= 11 is 6.13. The van der Waals surface area contributed by atoms with Crippen LogP contribution in [0.2, 0.25) is 5.02 Å². The minimum atomic E-state index is -0.623. The van der Waals surface area contributed by atoms with E-state index in [-0.39, 0.29) is 5.60 Å². The maximum atomic E-state index is 10.3. The molecule has 0 spiro atoms. The quantitative estimate of drug-likeness (QED) is 0.836. The van der Waals surface area contributed by atoms with Gasteiger partial charge < -0.3 is 19.3 Å². The van der Waals surface area contributed by atoms with Gasteiger partial charge in [-0.15, -0.1) is 0 Å². The zero-order valence-corrected chi connectivity index (χ0v) is 13.5. The maximum Gasteiger partial charge on any atom is 0.179 e. The number of methoxy groups -OCH3 is 3. The fourth-order valence-electron chi connectivity index (χ4n) is 1.88. The number of rotatable bonds is 7. The van der Waals surface area contributed by atoms with Gasteiger partial charge in [0.25, 0.3) is 0 Å². The van der Waals surface area contributed by atoms with Crippen LogP contribution >= 0.6 is 11.6 Å². The fraction of sp³-hybridized carbons (Fsp3) is 0.600. The Hall–Kier alpha value is -0.970. The van der Waals surface area contributed by atoms with Gasteiger partial charge in [-0.3, -0.25) is 0 Å². The fourth-order valence-corrected chi connectivity index (χ4v) is 2.18. The van der Waals surface area contributed by atoms with E-state index in [0.29, 0.717) is 28.5 Å². The van der Waals surface area contributed by atoms with E-state index in [4.69, 9.17) is 25.8 Å². The highest BCUT2D eigenvalue weighted by Gasteiger charge is 2.21. The van der Waals surface area contributed by atoms with E-state index < -0.39 is 6.10 Å². The Kier molecular flexibility index (Phi) is 6.11. The van der Waals surface area contributed by atoms with Crippen molar-refractivity contribution in [3.05, 3.63) is 22.7 Å². The normalized spacial score (nSPS) is 13.2. The average Bonchev–Trinajstić information content (AvgIpc) is 2.43. The van der Waals surface area contributed by atoms with E-state index in [1.54, 1.807) is 26.4 Å². The molecule has 0 aliphatic heterocycles. The van der Waals surface area contributed by atoms with E-state index in [1.165, 1.54) is 7.11 Å². The van der Waals surface area contributed by atoms with Gasteiger partial charge in [-0.05, 0) is 44.4 Å². The highest BCUT2D eigenvalue weighted by Crippen LogP contribution is 2.38. The van der Waals surface area contributed by atoms with Crippen LogP contribution in [0.25, 0.3) is 0 Å². The second kappa shape index (κ2) is 7.16. The lowest BCUT2D eigenvalue weighted by atomic mass is 9.96. The molecule has 0 aliphatic rings. The molecule has 0 aromatic heterocycles. The molecule has 0 saturated heterocycles. The molecule has 0 radical (unpaired) electrons. The zero-order valence-electron chi connectivity index (χ0n) is 12.7. The first-order chi connectivity index (χ1) is 9.34. The molecule has 1 aromatic carbocycles. The molecule has 0 heterocycles. The van der Waals surface area contributed by atoms with E-state index in [0.717, 1.165) is 6.42 Å². The van der Waals surface area contributed by atoms with Crippen molar-refractivity contribution >= 4 is 11.6 Å². The van der Waals surface area contributed by atoms with E-state index in [9.17, 15) is 5.11 Å². The Morgan fingerprint density at radius 1 is 1.20 bits per heavy atom. The highest BCUT2D eigenvalue weighted by molar-refractivity contribution is 6.32. The highest BCUT2D eigenvalue weighted by atomic mass is 35.5. The number of aliphatic hydroxyl groups excluding tert-OH is 1. The summed E-state index contributed by atoms with van der Waals surface area (Å²) in [6.07, 6.45) is 0.685. The molecule has 1 atom stereocenters. The van der Waals surface area contributed by atoms with Crippen molar-refractivity contribution in [2.24, 2.45) is 0 Å². The van der Waals surface area contributed by atoms with Gasteiger partial charge >= 0.3 is 0 Å². The topological polar surface area (TPSA) is 47.9 Å². The van der Waals surface area contributed by atoms with Gasteiger partial charge in [0.2, 0.25) is 0 Å². The predicted octanol–water partition coefficient (Wildman–Crippen LogP) is 3.60. The third-order valence-corrected chi connectivity index (χ3v) is 3.69. The lowest BCUT2D eigenvalue weighted by Gasteiger charge is -2.24. The smallest absolute Gasteiger partial charge is 0.179 e. The number of benzene rings is 1. The minimum Gasteiger partial charge on any atom is -0.493 e. The van der Waals surface area contributed by atoms with E-state index in [2.05, 4.69) is 0 Å². The van der Waals surface area contributed by atoms with E-state index >= 15 is 0 Å². The van der Waals surface area contributed by atoms with E-state index in [1.807, 2.05) is 13.8 Å². The molecular formula is C15H23ClO4. The Labute approximate surface area is 125 Å². The third-order valence-electron chi connectivity index (χ3n) is 3.41. The Morgan fingerprint density at radius 3 is 2.35 bits per heavy atom. The molecular weight excluding hydrogens is 280 g/mol. The van der Waals surface area contributed by atoms with Crippen LogP contribution in [-0.4, -0.2) is 32.0 Å². The first kappa shape index (κ1) is 17.1. The summed E-state index contributed by atoms with van der Waals surface area (Å²) in [5.74, 6) is 0.988. The molecule has 1 aromatic rings. The zero-order chi connectivity index (χ0) is 15.3. The Morgan fingerprint density at radius 2 is 1.85 bits per heavy atom. The summed E-state index contributed by atoms with van der Waals surface area (Å²) in [7, 11) is 4.74. The Balaban J connectivity index is 2.88. The van der Waals surface area contributed by atoms with Crippen molar-refractivity contribution in [1.82, 2.24) is 0 Å². The monoisotopic (exact) mass is 302 g/mol. The third kappa shape index (κ3) is 4.27. The summed E-state index contributed by atoms with van der Waals surface area (Å²) in [5, 5.41) is 10.7. The molecule has 0 bridgehead atoms. The SMILES string of the molecule is COc1cc(C(O)CCC(C)(C)OC)cc(Cl)c1OC. The number of hydrogen-bond donors (Lipinski definition) is 1.